The van der Waals surface area contributed by atoms with Crippen LogP contribution in [0.4, 0.5) is 0 Å². The van der Waals surface area contributed by atoms with E-state index in [-0.39, 0.29) is 5.60 Å². The van der Waals surface area contributed by atoms with Crippen molar-refractivity contribution in [2.45, 2.75) is 77.9 Å². The second-order valence-electron chi connectivity index (χ2n) is 7.41. The van der Waals surface area contributed by atoms with Crippen LogP contribution >= 0.6 is 0 Å². The largest absolute Gasteiger partial charge is 0.377 e. The monoisotopic (exact) mass is 255 g/mol. The normalized spacial score (nSPS) is 31.3. The Morgan fingerprint density at radius 3 is 2.50 bits per heavy atom. The molecule has 3 atom stereocenters. The minimum Gasteiger partial charge on any atom is -0.377 e. The molecule has 0 aliphatic heterocycles. The van der Waals surface area contributed by atoms with Crippen LogP contribution in [-0.4, -0.2) is 25.8 Å². The summed E-state index contributed by atoms with van der Waals surface area (Å²) in [4.78, 5) is 0. The second kappa shape index (κ2) is 6.38. The quantitative estimate of drug-likeness (QED) is 0.802. The van der Waals surface area contributed by atoms with Gasteiger partial charge in [-0.1, -0.05) is 40.5 Å². The Morgan fingerprint density at radius 2 is 2.06 bits per heavy atom. The molecule has 0 aromatic carbocycles. The Labute approximate surface area is 114 Å². The maximum absolute atomic E-state index is 6.00. The number of nitrogens with one attached hydrogen (secondary N) is 1. The number of methoxy groups -OCH3 is 1. The van der Waals surface area contributed by atoms with Gasteiger partial charge in [0, 0.05) is 13.2 Å². The zero-order valence-corrected chi connectivity index (χ0v) is 13.3. The first-order chi connectivity index (χ1) is 8.33. The molecule has 0 bridgehead atoms. The van der Waals surface area contributed by atoms with Gasteiger partial charge in [0.25, 0.3) is 0 Å². The predicted molar refractivity (Wildman–Crippen MR) is 78.9 cm³/mol. The Hall–Kier alpha value is -0.0800. The minimum absolute atomic E-state index is 0.0671. The maximum atomic E-state index is 6.00. The van der Waals surface area contributed by atoms with Gasteiger partial charge in [-0.25, -0.2) is 0 Å². The van der Waals surface area contributed by atoms with E-state index in [9.17, 15) is 0 Å². The molecule has 1 rings (SSSR count). The molecule has 0 aromatic rings. The van der Waals surface area contributed by atoms with Crippen molar-refractivity contribution in [3.8, 4) is 0 Å². The SMILES string of the molecule is CNC(CCC(C)(C)C)C1(OC)CCCC(C)C1. The van der Waals surface area contributed by atoms with Crippen molar-refractivity contribution in [3.63, 3.8) is 0 Å². The number of likely N-dealkylation sites (N-methyl/N-ethyl adjacent to an activating group) is 1. The highest BCUT2D eigenvalue weighted by Crippen LogP contribution is 2.39. The van der Waals surface area contributed by atoms with Crippen molar-refractivity contribution in [2.24, 2.45) is 11.3 Å². The van der Waals surface area contributed by atoms with Crippen LogP contribution in [0.5, 0.6) is 0 Å². The van der Waals surface area contributed by atoms with Gasteiger partial charge < -0.3 is 10.1 Å². The summed E-state index contributed by atoms with van der Waals surface area (Å²) in [5, 5.41) is 3.53. The lowest BCUT2D eigenvalue weighted by Crippen LogP contribution is -2.53. The molecule has 1 aliphatic carbocycles. The summed E-state index contributed by atoms with van der Waals surface area (Å²) in [6, 6.07) is 0.490. The first kappa shape index (κ1) is 16.0. The Morgan fingerprint density at radius 1 is 1.39 bits per heavy atom. The molecule has 2 heteroatoms. The highest BCUT2D eigenvalue weighted by molar-refractivity contribution is 4.96. The van der Waals surface area contributed by atoms with Gasteiger partial charge >= 0.3 is 0 Å². The molecule has 1 saturated carbocycles. The van der Waals surface area contributed by atoms with Crippen LogP contribution in [0, 0.1) is 11.3 Å². The molecule has 0 spiro atoms. The fraction of sp³-hybridized carbons (Fsp3) is 1.00. The van der Waals surface area contributed by atoms with Crippen LogP contribution in [0.3, 0.4) is 0 Å². The molecule has 0 aromatic heterocycles. The zero-order valence-electron chi connectivity index (χ0n) is 13.3. The molecule has 1 fully saturated rings. The Kier molecular flexibility index (Phi) is 5.67. The van der Waals surface area contributed by atoms with E-state index in [2.05, 4.69) is 40.1 Å². The van der Waals surface area contributed by atoms with Crippen LogP contribution in [0.15, 0.2) is 0 Å². The highest BCUT2D eigenvalue weighted by atomic mass is 16.5. The van der Waals surface area contributed by atoms with Gasteiger partial charge in [-0.3, -0.25) is 0 Å². The lowest BCUT2D eigenvalue weighted by atomic mass is 9.72. The van der Waals surface area contributed by atoms with Crippen LogP contribution < -0.4 is 5.32 Å². The molecular formula is C16H33NO. The average Bonchev–Trinajstić information content (AvgIpc) is 2.28. The summed E-state index contributed by atoms with van der Waals surface area (Å²) in [5.41, 5.74) is 0.474. The Balaban J connectivity index is 2.70. The highest BCUT2D eigenvalue weighted by Gasteiger charge is 2.41. The first-order valence-electron chi connectivity index (χ1n) is 7.55. The van der Waals surface area contributed by atoms with Crippen molar-refractivity contribution in [1.29, 1.82) is 0 Å². The molecule has 2 nitrogen and oxygen atoms in total. The van der Waals surface area contributed by atoms with Gasteiger partial charge in [0.1, 0.15) is 0 Å². The topological polar surface area (TPSA) is 21.3 Å². The van der Waals surface area contributed by atoms with E-state index in [1.165, 1.54) is 38.5 Å². The summed E-state index contributed by atoms with van der Waals surface area (Å²) < 4.78 is 6.00. The predicted octanol–water partition coefficient (Wildman–Crippen LogP) is 4.00. The molecule has 3 unspecified atom stereocenters. The van der Waals surface area contributed by atoms with Crippen molar-refractivity contribution in [3.05, 3.63) is 0 Å². The van der Waals surface area contributed by atoms with E-state index in [4.69, 9.17) is 4.74 Å². The van der Waals surface area contributed by atoms with E-state index in [0.717, 1.165) is 5.92 Å². The third-order valence-electron chi connectivity index (χ3n) is 4.56. The van der Waals surface area contributed by atoms with Gasteiger partial charge in [-0.2, -0.15) is 0 Å². The van der Waals surface area contributed by atoms with Crippen molar-refractivity contribution < 1.29 is 4.74 Å². The molecule has 1 aliphatic rings. The summed E-state index contributed by atoms with van der Waals surface area (Å²) >= 11 is 0. The molecule has 0 amide bonds. The van der Waals surface area contributed by atoms with E-state index in [1.807, 2.05) is 7.11 Å². The lowest BCUT2D eigenvalue weighted by molar-refractivity contribution is -0.0809. The third-order valence-corrected chi connectivity index (χ3v) is 4.56. The lowest BCUT2D eigenvalue weighted by Gasteiger charge is -2.45. The van der Waals surface area contributed by atoms with Gasteiger partial charge in [-0.05, 0) is 44.1 Å². The number of ether oxygens (including phenoxy) is 1. The van der Waals surface area contributed by atoms with Gasteiger partial charge in [0.15, 0.2) is 0 Å². The number of hydrogen-bond donors (Lipinski definition) is 1. The van der Waals surface area contributed by atoms with E-state index in [1.54, 1.807) is 0 Å². The summed E-state index contributed by atoms with van der Waals surface area (Å²) in [7, 11) is 3.99. The second-order valence-corrected chi connectivity index (χ2v) is 7.41. The zero-order chi connectivity index (χ0) is 13.8. The fourth-order valence-electron chi connectivity index (χ4n) is 3.44. The molecule has 1 N–H and O–H groups in total. The van der Waals surface area contributed by atoms with Gasteiger partial charge in [0.05, 0.1) is 5.60 Å². The van der Waals surface area contributed by atoms with Gasteiger partial charge in [0.2, 0.25) is 0 Å². The Bertz CT molecular complexity index is 246. The number of rotatable bonds is 5. The van der Waals surface area contributed by atoms with E-state index in [0.29, 0.717) is 11.5 Å². The molecule has 0 radical (unpaired) electrons. The maximum Gasteiger partial charge on any atom is 0.0833 e. The average molecular weight is 255 g/mol. The van der Waals surface area contributed by atoms with Crippen molar-refractivity contribution in [2.75, 3.05) is 14.2 Å². The third kappa shape index (κ3) is 4.24. The van der Waals surface area contributed by atoms with Gasteiger partial charge in [-0.15, -0.1) is 0 Å². The number of hydrogen-bond acceptors (Lipinski definition) is 2. The van der Waals surface area contributed by atoms with Crippen LogP contribution in [0.1, 0.15) is 66.2 Å². The van der Waals surface area contributed by atoms with Crippen LogP contribution in [0.2, 0.25) is 0 Å². The molecular weight excluding hydrogens is 222 g/mol. The van der Waals surface area contributed by atoms with Crippen LogP contribution in [0.25, 0.3) is 0 Å². The summed E-state index contributed by atoms with van der Waals surface area (Å²) in [6.45, 7) is 9.33. The molecule has 0 saturated heterocycles. The minimum atomic E-state index is 0.0671. The first-order valence-corrected chi connectivity index (χ1v) is 7.55. The van der Waals surface area contributed by atoms with Crippen LogP contribution in [-0.2, 0) is 4.74 Å². The van der Waals surface area contributed by atoms with Crippen molar-refractivity contribution >= 4 is 0 Å². The molecule has 0 heterocycles. The smallest absolute Gasteiger partial charge is 0.0833 e. The molecule has 18 heavy (non-hydrogen) atoms. The van der Waals surface area contributed by atoms with E-state index < -0.39 is 0 Å². The standard InChI is InChI=1S/C16H33NO/c1-13-8-7-10-16(12-13,18-6)14(17-5)9-11-15(2,3)4/h13-14,17H,7-12H2,1-6H3. The van der Waals surface area contributed by atoms with Crippen molar-refractivity contribution in [1.82, 2.24) is 5.32 Å². The fourth-order valence-corrected chi connectivity index (χ4v) is 3.44. The molecule has 108 valence electrons. The summed E-state index contributed by atoms with van der Waals surface area (Å²) in [5.74, 6) is 0.796. The van der Waals surface area contributed by atoms with E-state index >= 15 is 0 Å². The summed E-state index contributed by atoms with van der Waals surface area (Å²) in [6.07, 6.45) is 7.55.